The first-order chi connectivity index (χ1) is 13.6. The molecule has 1 aliphatic heterocycles. The number of hydrogen-bond donors (Lipinski definition) is 1. The number of rotatable bonds is 4. The van der Waals surface area contributed by atoms with Gasteiger partial charge in [-0.15, -0.1) is 0 Å². The number of halogens is 1. The molecule has 2 aromatic heterocycles. The largest absolute Gasteiger partial charge is 0.353 e. The van der Waals surface area contributed by atoms with Gasteiger partial charge in [0.2, 0.25) is 5.95 Å². The predicted molar refractivity (Wildman–Crippen MR) is 113 cm³/mol. The highest BCUT2D eigenvalue weighted by molar-refractivity contribution is 6.31. The molecule has 0 radical (unpaired) electrons. The number of aryl methyl sites for hydroxylation is 2. The summed E-state index contributed by atoms with van der Waals surface area (Å²) in [5, 5.41) is 4.07. The van der Waals surface area contributed by atoms with Gasteiger partial charge in [-0.2, -0.15) is 0 Å². The zero-order valence-electron chi connectivity index (χ0n) is 15.9. The van der Waals surface area contributed by atoms with Gasteiger partial charge in [-0.1, -0.05) is 17.7 Å². The van der Waals surface area contributed by atoms with Gasteiger partial charge in [-0.25, -0.2) is 19.9 Å². The first-order valence-corrected chi connectivity index (χ1v) is 9.62. The number of nitrogens with zero attached hydrogens (tertiary/aromatic N) is 6. The zero-order chi connectivity index (χ0) is 19.5. The molecule has 1 N–H and O–H groups in total. The van der Waals surface area contributed by atoms with Crippen LogP contribution in [0.4, 0.5) is 23.3 Å². The van der Waals surface area contributed by atoms with Crippen LogP contribution in [0.15, 0.2) is 42.7 Å². The molecule has 0 unspecified atom stereocenters. The van der Waals surface area contributed by atoms with E-state index in [9.17, 15) is 0 Å². The molecule has 1 saturated heterocycles. The molecule has 0 spiro atoms. The second kappa shape index (κ2) is 7.98. The highest BCUT2D eigenvalue weighted by atomic mass is 35.5. The maximum absolute atomic E-state index is 6.23. The van der Waals surface area contributed by atoms with Crippen molar-refractivity contribution in [3.8, 4) is 0 Å². The average Bonchev–Trinajstić information content (AvgIpc) is 2.71. The van der Waals surface area contributed by atoms with Crippen LogP contribution in [-0.4, -0.2) is 46.1 Å². The maximum Gasteiger partial charge on any atom is 0.225 e. The van der Waals surface area contributed by atoms with Gasteiger partial charge in [0.25, 0.3) is 0 Å². The summed E-state index contributed by atoms with van der Waals surface area (Å²) in [6.45, 7) is 7.30. The Kier molecular flexibility index (Phi) is 5.25. The molecule has 0 atom stereocenters. The summed E-state index contributed by atoms with van der Waals surface area (Å²) in [5.41, 5.74) is 1.96. The van der Waals surface area contributed by atoms with Crippen LogP contribution in [0.5, 0.6) is 0 Å². The Labute approximate surface area is 169 Å². The predicted octanol–water partition coefficient (Wildman–Crippen LogP) is 3.61. The SMILES string of the molecule is Cc1nc(Nc2ccc(C)c(Cl)c2)cc(N2CCN(c3ncccn3)CC2)n1. The van der Waals surface area contributed by atoms with Gasteiger partial charge in [0, 0.05) is 55.3 Å². The summed E-state index contributed by atoms with van der Waals surface area (Å²) in [6, 6.07) is 9.71. The molecule has 7 nitrogen and oxygen atoms in total. The van der Waals surface area contributed by atoms with Crippen LogP contribution in [0, 0.1) is 13.8 Å². The van der Waals surface area contributed by atoms with Gasteiger partial charge >= 0.3 is 0 Å². The fraction of sp³-hybridized carbons (Fsp3) is 0.300. The normalized spacial score (nSPS) is 14.2. The quantitative estimate of drug-likeness (QED) is 0.723. The van der Waals surface area contributed by atoms with Crippen LogP contribution in [0.25, 0.3) is 0 Å². The third kappa shape index (κ3) is 4.14. The Morgan fingerprint density at radius 2 is 1.64 bits per heavy atom. The van der Waals surface area contributed by atoms with Gasteiger partial charge in [-0.3, -0.25) is 0 Å². The third-order valence-corrected chi connectivity index (χ3v) is 5.11. The number of nitrogens with one attached hydrogen (secondary N) is 1. The Bertz CT molecular complexity index is 956. The average molecular weight is 396 g/mol. The molecule has 1 fully saturated rings. The Hall–Kier alpha value is -2.93. The summed E-state index contributed by atoms with van der Waals surface area (Å²) in [4.78, 5) is 22.3. The molecule has 0 aliphatic carbocycles. The van der Waals surface area contributed by atoms with Crippen molar-refractivity contribution in [2.75, 3.05) is 41.3 Å². The van der Waals surface area contributed by atoms with Gasteiger partial charge in [0.1, 0.15) is 17.5 Å². The van der Waals surface area contributed by atoms with Crippen molar-refractivity contribution in [2.45, 2.75) is 13.8 Å². The van der Waals surface area contributed by atoms with E-state index in [0.29, 0.717) is 0 Å². The minimum Gasteiger partial charge on any atom is -0.353 e. The standard InChI is InChI=1S/C20H22ClN7/c1-14-4-5-16(12-17(14)21)26-18-13-19(25-15(2)24-18)27-8-10-28(11-9-27)20-22-6-3-7-23-20/h3-7,12-13H,8-11H2,1-2H3,(H,24,25,26). The van der Waals surface area contributed by atoms with E-state index in [1.54, 1.807) is 12.4 Å². The van der Waals surface area contributed by atoms with Gasteiger partial charge in [0.15, 0.2) is 0 Å². The van der Waals surface area contributed by atoms with E-state index in [1.807, 2.05) is 44.2 Å². The molecule has 3 aromatic rings. The summed E-state index contributed by atoms with van der Waals surface area (Å²) < 4.78 is 0. The van der Waals surface area contributed by atoms with E-state index in [0.717, 1.165) is 65.9 Å². The second-order valence-corrected chi connectivity index (χ2v) is 7.18. The summed E-state index contributed by atoms with van der Waals surface area (Å²) in [6.07, 6.45) is 3.55. The number of anilines is 4. The van der Waals surface area contributed by atoms with Gasteiger partial charge in [0.05, 0.1) is 0 Å². The number of benzene rings is 1. The van der Waals surface area contributed by atoms with Crippen LogP contribution in [0.3, 0.4) is 0 Å². The van der Waals surface area contributed by atoms with E-state index >= 15 is 0 Å². The minimum atomic E-state index is 0.729. The molecular weight excluding hydrogens is 374 g/mol. The van der Waals surface area contributed by atoms with Gasteiger partial charge < -0.3 is 15.1 Å². The van der Waals surface area contributed by atoms with Crippen LogP contribution in [-0.2, 0) is 0 Å². The highest BCUT2D eigenvalue weighted by Gasteiger charge is 2.20. The zero-order valence-corrected chi connectivity index (χ0v) is 16.7. The van der Waals surface area contributed by atoms with E-state index in [1.165, 1.54) is 0 Å². The van der Waals surface area contributed by atoms with E-state index in [2.05, 4.69) is 35.1 Å². The van der Waals surface area contributed by atoms with E-state index in [4.69, 9.17) is 11.6 Å². The van der Waals surface area contributed by atoms with Crippen molar-refractivity contribution < 1.29 is 0 Å². The topological polar surface area (TPSA) is 70.1 Å². The second-order valence-electron chi connectivity index (χ2n) is 6.77. The first-order valence-electron chi connectivity index (χ1n) is 9.24. The fourth-order valence-corrected chi connectivity index (χ4v) is 3.37. The molecule has 3 heterocycles. The Morgan fingerprint density at radius 3 is 2.36 bits per heavy atom. The maximum atomic E-state index is 6.23. The molecule has 0 saturated carbocycles. The third-order valence-electron chi connectivity index (χ3n) is 4.71. The minimum absolute atomic E-state index is 0.729. The lowest BCUT2D eigenvalue weighted by molar-refractivity contribution is 0.633. The summed E-state index contributed by atoms with van der Waals surface area (Å²) in [7, 11) is 0. The van der Waals surface area contributed by atoms with Crippen LogP contribution in [0.2, 0.25) is 5.02 Å². The molecule has 0 amide bonds. The van der Waals surface area contributed by atoms with Crippen molar-refractivity contribution in [1.29, 1.82) is 0 Å². The number of hydrogen-bond acceptors (Lipinski definition) is 7. The summed E-state index contributed by atoms with van der Waals surface area (Å²) in [5.74, 6) is 3.18. The molecular formula is C20H22ClN7. The van der Waals surface area contributed by atoms with E-state index < -0.39 is 0 Å². The van der Waals surface area contributed by atoms with Crippen molar-refractivity contribution in [1.82, 2.24) is 19.9 Å². The van der Waals surface area contributed by atoms with Crippen LogP contribution >= 0.6 is 11.6 Å². The lowest BCUT2D eigenvalue weighted by Gasteiger charge is -2.35. The number of aromatic nitrogens is 4. The van der Waals surface area contributed by atoms with Crippen molar-refractivity contribution in [2.24, 2.45) is 0 Å². The van der Waals surface area contributed by atoms with Crippen molar-refractivity contribution >= 4 is 34.9 Å². The monoisotopic (exact) mass is 395 g/mol. The smallest absolute Gasteiger partial charge is 0.225 e. The van der Waals surface area contributed by atoms with Crippen LogP contribution < -0.4 is 15.1 Å². The highest BCUT2D eigenvalue weighted by Crippen LogP contribution is 2.25. The van der Waals surface area contributed by atoms with Gasteiger partial charge in [-0.05, 0) is 37.6 Å². The Balaban J connectivity index is 1.47. The number of piperazine rings is 1. The van der Waals surface area contributed by atoms with Crippen LogP contribution in [0.1, 0.15) is 11.4 Å². The molecule has 8 heteroatoms. The Morgan fingerprint density at radius 1 is 0.929 bits per heavy atom. The molecule has 144 valence electrons. The molecule has 0 bridgehead atoms. The lowest BCUT2D eigenvalue weighted by atomic mass is 10.2. The summed E-state index contributed by atoms with van der Waals surface area (Å²) >= 11 is 6.23. The van der Waals surface area contributed by atoms with Crippen molar-refractivity contribution in [3.05, 3.63) is 59.1 Å². The molecule has 4 rings (SSSR count). The first kappa shape index (κ1) is 18.4. The lowest BCUT2D eigenvalue weighted by Crippen LogP contribution is -2.47. The van der Waals surface area contributed by atoms with E-state index in [-0.39, 0.29) is 0 Å². The van der Waals surface area contributed by atoms with Crippen molar-refractivity contribution in [3.63, 3.8) is 0 Å². The molecule has 28 heavy (non-hydrogen) atoms. The molecule has 1 aromatic carbocycles. The molecule has 1 aliphatic rings. The fourth-order valence-electron chi connectivity index (χ4n) is 3.19.